The minimum atomic E-state index is -1.00. The predicted molar refractivity (Wildman–Crippen MR) is 60.8 cm³/mol. The van der Waals surface area contributed by atoms with Crippen LogP contribution in [0.2, 0.25) is 0 Å². The summed E-state index contributed by atoms with van der Waals surface area (Å²) < 4.78 is 0. The number of hydrogen-bond donors (Lipinski definition) is 1. The number of aromatic carboxylic acids is 1. The Morgan fingerprint density at radius 2 is 2.24 bits per heavy atom. The Bertz CT molecular complexity index is 541. The van der Waals surface area contributed by atoms with Gasteiger partial charge < -0.3 is 5.11 Å². The Hall–Kier alpha value is -2.30. The summed E-state index contributed by atoms with van der Waals surface area (Å²) in [4.78, 5) is 23.0. The molecule has 1 N–H and O–H groups in total. The molecule has 5 heteroatoms. The van der Waals surface area contributed by atoms with E-state index in [1.165, 1.54) is 6.20 Å². The average Bonchev–Trinajstić information content (AvgIpc) is 2.30. The Morgan fingerprint density at radius 3 is 2.82 bits per heavy atom. The summed E-state index contributed by atoms with van der Waals surface area (Å²) in [5, 5.41) is 8.86. The molecule has 5 nitrogen and oxygen atoms in total. The lowest BCUT2D eigenvalue weighted by molar-refractivity contribution is 0.0695. The van der Waals surface area contributed by atoms with Gasteiger partial charge in [0.05, 0.1) is 11.3 Å². The quantitative estimate of drug-likeness (QED) is 0.862. The van der Waals surface area contributed by atoms with E-state index in [9.17, 15) is 4.79 Å². The van der Waals surface area contributed by atoms with Crippen LogP contribution < -0.4 is 0 Å². The molecule has 0 saturated carbocycles. The number of carboxylic acid groups (broad SMARTS) is 1. The molecule has 0 atom stereocenters. The Labute approximate surface area is 98.2 Å². The van der Waals surface area contributed by atoms with Gasteiger partial charge in [0.25, 0.3) is 0 Å². The number of aromatic nitrogens is 3. The summed E-state index contributed by atoms with van der Waals surface area (Å²) in [6.45, 7) is 1.66. The second-order valence-corrected chi connectivity index (χ2v) is 3.63. The fourth-order valence-corrected chi connectivity index (χ4v) is 1.50. The molecule has 0 amide bonds. The first-order valence-electron chi connectivity index (χ1n) is 5.11. The maximum Gasteiger partial charge on any atom is 0.339 e. The van der Waals surface area contributed by atoms with Gasteiger partial charge in [-0.3, -0.25) is 4.98 Å². The summed E-state index contributed by atoms with van der Waals surface area (Å²) in [7, 11) is 0. The van der Waals surface area contributed by atoms with Crippen LogP contribution in [-0.4, -0.2) is 26.0 Å². The first-order chi connectivity index (χ1) is 8.16. The van der Waals surface area contributed by atoms with Gasteiger partial charge in [-0.1, -0.05) is 6.07 Å². The molecule has 0 spiro atoms. The van der Waals surface area contributed by atoms with Crippen molar-refractivity contribution in [2.24, 2.45) is 0 Å². The molecule has 2 aromatic rings. The van der Waals surface area contributed by atoms with Crippen molar-refractivity contribution in [1.82, 2.24) is 15.0 Å². The molecule has 0 bridgehead atoms. The van der Waals surface area contributed by atoms with E-state index in [1.54, 1.807) is 19.3 Å². The summed E-state index contributed by atoms with van der Waals surface area (Å²) in [6, 6.07) is 3.77. The van der Waals surface area contributed by atoms with E-state index in [0.29, 0.717) is 17.9 Å². The average molecular weight is 229 g/mol. The van der Waals surface area contributed by atoms with Crippen LogP contribution in [0, 0.1) is 6.92 Å². The summed E-state index contributed by atoms with van der Waals surface area (Å²) in [5.41, 5.74) is 1.61. The van der Waals surface area contributed by atoms with E-state index in [0.717, 1.165) is 5.56 Å². The van der Waals surface area contributed by atoms with Crippen molar-refractivity contribution < 1.29 is 9.90 Å². The van der Waals surface area contributed by atoms with Gasteiger partial charge in [-0.25, -0.2) is 14.8 Å². The third-order valence-corrected chi connectivity index (χ3v) is 2.34. The first kappa shape index (κ1) is 11.2. The summed E-state index contributed by atoms with van der Waals surface area (Å²) in [6.07, 6.45) is 5.33. The van der Waals surface area contributed by atoms with E-state index in [-0.39, 0.29) is 5.56 Å². The number of nitrogens with zero attached hydrogens (tertiary/aromatic N) is 3. The molecule has 0 aliphatic carbocycles. The number of carboxylic acids is 1. The van der Waals surface area contributed by atoms with Crippen LogP contribution >= 0.6 is 0 Å². The van der Waals surface area contributed by atoms with E-state index in [4.69, 9.17) is 5.11 Å². The van der Waals surface area contributed by atoms with Crippen molar-refractivity contribution in [2.75, 3.05) is 0 Å². The molecule has 0 aliphatic rings. The van der Waals surface area contributed by atoms with Crippen molar-refractivity contribution in [3.05, 3.63) is 53.4 Å². The molecule has 86 valence electrons. The molecular weight excluding hydrogens is 218 g/mol. The Kier molecular flexibility index (Phi) is 3.09. The molecule has 0 aromatic carbocycles. The van der Waals surface area contributed by atoms with Crippen molar-refractivity contribution in [1.29, 1.82) is 0 Å². The predicted octanol–water partition coefficient (Wildman–Crippen LogP) is 1.47. The van der Waals surface area contributed by atoms with Crippen LogP contribution in [0.1, 0.15) is 27.4 Å². The molecule has 0 saturated heterocycles. The van der Waals surface area contributed by atoms with E-state index in [2.05, 4.69) is 15.0 Å². The zero-order valence-corrected chi connectivity index (χ0v) is 9.29. The van der Waals surface area contributed by atoms with E-state index < -0.39 is 5.97 Å². The van der Waals surface area contributed by atoms with Gasteiger partial charge >= 0.3 is 5.97 Å². The fourth-order valence-electron chi connectivity index (χ4n) is 1.50. The zero-order valence-electron chi connectivity index (χ0n) is 9.29. The minimum Gasteiger partial charge on any atom is -0.478 e. The molecule has 2 heterocycles. The van der Waals surface area contributed by atoms with Gasteiger partial charge in [0.1, 0.15) is 5.82 Å². The van der Waals surface area contributed by atoms with E-state index >= 15 is 0 Å². The summed E-state index contributed by atoms with van der Waals surface area (Å²) >= 11 is 0. The van der Waals surface area contributed by atoms with Crippen LogP contribution in [0.3, 0.4) is 0 Å². The molecule has 2 aromatic heterocycles. The molecule has 0 radical (unpaired) electrons. The number of carbonyl (C=O) groups is 1. The van der Waals surface area contributed by atoms with Gasteiger partial charge in [-0.2, -0.15) is 0 Å². The Balaban J connectivity index is 2.24. The lowest BCUT2D eigenvalue weighted by Gasteiger charge is -2.03. The SMILES string of the molecule is Cc1nc(Cc2cccnc2)ncc1C(=O)O. The van der Waals surface area contributed by atoms with Crippen molar-refractivity contribution in [3.63, 3.8) is 0 Å². The number of rotatable bonds is 3. The second kappa shape index (κ2) is 4.69. The fraction of sp³-hybridized carbons (Fsp3) is 0.167. The van der Waals surface area contributed by atoms with Crippen LogP contribution in [0.5, 0.6) is 0 Å². The highest BCUT2D eigenvalue weighted by molar-refractivity contribution is 5.88. The van der Waals surface area contributed by atoms with Crippen LogP contribution in [0.4, 0.5) is 0 Å². The highest BCUT2D eigenvalue weighted by Crippen LogP contribution is 2.07. The third kappa shape index (κ3) is 2.63. The lowest BCUT2D eigenvalue weighted by atomic mass is 10.2. The molecule has 2 rings (SSSR count). The van der Waals surface area contributed by atoms with Crippen molar-refractivity contribution in [2.45, 2.75) is 13.3 Å². The highest BCUT2D eigenvalue weighted by Gasteiger charge is 2.09. The number of aryl methyl sites for hydroxylation is 1. The van der Waals surface area contributed by atoms with Crippen molar-refractivity contribution in [3.8, 4) is 0 Å². The molecule has 17 heavy (non-hydrogen) atoms. The van der Waals surface area contributed by atoms with Gasteiger partial charge in [0.2, 0.25) is 0 Å². The highest BCUT2D eigenvalue weighted by atomic mass is 16.4. The van der Waals surface area contributed by atoms with Crippen molar-refractivity contribution >= 4 is 5.97 Å². The van der Waals surface area contributed by atoms with Gasteiger partial charge in [-0.05, 0) is 18.6 Å². The topological polar surface area (TPSA) is 76.0 Å². The first-order valence-corrected chi connectivity index (χ1v) is 5.11. The monoisotopic (exact) mass is 229 g/mol. The molecule has 0 unspecified atom stereocenters. The number of pyridine rings is 1. The normalized spacial score (nSPS) is 10.2. The van der Waals surface area contributed by atoms with Crippen LogP contribution in [0.25, 0.3) is 0 Å². The molecular formula is C12H11N3O2. The third-order valence-electron chi connectivity index (χ3n) is 2.34. The maximum atomic E-state index is 10.8. The molecule has 0 fully saturated rings. The van der Waals surface area contributed by atoms with E-state index in [1.807, 2.05) is 12.1 Å². The van der Waals surface area contributed by atoms with Gasteiger partial charge in [0.15, 0.2) is 0 Å². The Morgan fingerprint density at radius 1 is 1.41 bits per heavy atom. The largest absolute Gasteiger partial charge is 0.478 e. The smallest absolute Gasteiger partial charge is 0.339 e. The minimum absolute atomic E-state index is 0.139. The standard InChI is InChI=1S/C12H11N3O2/c1-8-10(12(16)17)7-14-11(15-8)5-9-3-2-4-13-6-9/h2-4,6-7H,5H2,1H3,(H,16,17). The maximum absolute atomic E-state index is 10.8. The lowest BCUT2D eigenvalue weighted by Crippen LogP contribution is -2.06. The number of hydrogen-bond acceptors (Lipinski definition) is 4. The second-order valence-electron chi connectivity index (χ2n) is 3.63. The molecule has 0 aliphatic heterocycles. The van der Waals surface area contributed by atoms with Crippen LogP contribution in [-0.2, 0) is 6.42 Å². The van der Waals surface area contributed by atoms with Crippen LogP contribution in [0.15, 0.2) is 30.7 Å². The summed E-state index contributed by atoms with van der Waals surface area (Å²) in [5.74, 6) is -0.407. The zero-order chi connectivity index (χ0) is 12.3. The van der Waals surface area contributed by atoms with Gasteiger partial charge in [-0.15, -0.1) is 0 Å². The van der Waals surface area contributed by atoms with Gasteiger partial charge in [0, 0.05) is 25.0 Å².